The van der Waals surface area contributed by atoms with Gasteiger partial charge in [-0.1, -0.05) is 53.5 Å². The zero-order valence-corrected chi connectivity index (χ0v) is 20.1. The van der Waals surface area contributed by atoms with Crippen LogP contribution in [0, 0.1) is 0 Å². The van der Waals surface area contributed by atoms with Crippen LogP contribution in [0.4, 0.5) is 4.79 Å². The lowest BCUT2D eigenvalue weighted by Crippen LogP contribution is -2.29. The molecule has 5 rings (SSSR count). The van der Waals surface area contributed by atoms with Crippen molar-refractivity contribution in [2.75, 3.05) is 20.2 Å². The zero-order chi connectivity index (χ0) is 23.7. The number of imidazole rings is 1. The average molecular weight is 496 g/mol. The van der Waals surface area contributed by atoms with Crippen LogP contribution in [-0.2, 0) is 11.3 Å². The van der Waals surface area contributed by atoms with E-state index in [2.05, 4.69) is 0 Å². The second-order valence-corrected chi connectivity index (χ2v) is 9.04. The van der Waals surface area contributed by atoms with Gasteiger partial charge in [0.2, 0.25) is 0 Å². The Bertz CT molecular complexity index is 1340. The highest BCUT2D eigenvalue weighted by atomic mass is 35.5. The van der Waals surface area contributed by atoms with Gasteiger partial charge in [0.05, 0.1) is 22.8 Å². The highest BCUT2D eigenvalue weighted by Gasteiger charge is 2.30. The normalized spacial score (nSPS) is 15.6. The van der Waals surface area contributed by atoms with Gasteiger partial charge in [-0.3, -0.25) is 0 Å². The molecular formula is C26H23Cl2N3O3. The van der Waals surface area contributed by atoms with Crippen LogP contribution in [-0.4, -0.2) is 40.6 Å². The number of carbonyl (C=O) groups is 1. The molecule has 1 saturated heterocycles. The summed E-state index contributed by atoms with van der Waals surface area (Å²) < 4.78 is 13.0. The first-order valence-corrected chi connectivity index (χ1v) is 11.8. The largest absolute Gasteiger partial charge is 0.496 e. The Hall–Kier alpha value is -3.22. The Labute approximate surface area is 207 Å². The summed E-state index contributed by atoms with van der Waals surface area (Å²) >= 11 is 12.7. The molecule has 1 aliphatic heterocycles. The van der Waals surface area contributed by atoms with Crippen molar-refractivity contribution in [3.8, 4) is 16.9 Å². The van der Waals surface area contributed by atoms with Gasteiger partial charge in [-0.2, -0.15) is 0 Å². The molecule has 1 amide bonds. The van der Waals surface area contributed by atoms with E-state index >= 15 is 0 Å². The predicted octanol–water partition coefficient (Wildman–Crippen LogP) is 6.44. The minimum Gasteiger partial charge on any atom is -0.496 e. The molecule has 0 aliphatic carbocycles. The lowest BCUT2D eigenvalue weighted by atomic mass is 10.1. The summed E-state index contributed by atoms with van der Waals surface area (Å²) in [7, 11) is 1.60. The number of rotatable bonds is 5. The van der Waals surface area contributed by atoms with Gasteiger partial charge in [0.25, 0.3) is 0 Å². The summed E-state index contributed by atoms with van der Waals surface area (Å²) in [5, 5.41) is 0.907. The molecule has 0 bridgehead atoms. The number of methoxy groups -OCH3 is 1. The first kappa shape index (κ1) is 22.6. The van der Waals surface area contributed by atoms with E-state index in [0.29, 0.717) is 28.9 Å². The third kappa shape index (κ3) is 4.43. The molecule has 1 unspecified atom stereocenters. The van der Waals surface area contributed by atoms with Crippen LogP contribution in [0.2, 0.25) is 10.0 Å². The standard InChI is InChI=1S/C26H23Cl2N3O3/c1-33-22-8-7-20(27)25(28)24(22)18-9-11-30-15-21(29-23(30)13-18)19-10-12-31(14-19)26(32)34-16-17-5-3-2-4-6-17/h2-9,11,13,15,19H,10,12,14,16H2,1H3. The first-order valence-electron chi connectivity index (χ1n) is 11.0. The van der Waals surface area contributed by atoms with Gasteiger partial charge in [-0.15, -0.1) is 0 Å². The molecule has 0 saturated carbocycles. The number of amides is 1. The topological polar surface area (TPSA) is 56.1 Å². The molecule has 6 nitrogen and oxygen atoms in total. The highest BCUT2D eigenvalue weighted by molar-refractivity contribution is 6.44. The van der Waals surface area contributed by atoms with Crippen LogP contribution in [0.25, 0.3) is 16.8 Å². The van der Waals surface area contributed by atoms with Crippen LogP contribution < -0.4 is 4.74 Å². The van der Waals surface area contributed by atoms with Crippen molar-refractivity contribution >= 4 is 34.9 Å². The Kier molecular flexibility index (Phi) is 6.35. The molecular weight excluding hydrogens is 473 g/mol. The Balaban J connectivity index is 1.32. The van der Waals surface area contributed by atoms with Gasteiger partial charge < -0.3 is 18.8 Å². The van der Waals surface area contributed by atoms with Crippen LogP contribution in [0.1, 0.15) is 23.6 Å². The summed E-state index contributed by atoms with van der Waals surface area (Å²) in [5.74, 6) is 0.794. The van der Waals surface area contributed by atoms with Gasteiger partial charge >= 0.3 is 6.09 Å². The number of hydrogen-bond donors (Lipinski definition) is 0. The molecule has 0 radical (unpaired) electrons. The van der Waals surface area contributed by atoms with Crippen LogP contribution in [0.3, 0.4) is 0 Å². The van der Waals surface area contributed by atoms with Gasteiger partial charge in [0, 0.05) is 37.0 Å². The number of benzene rings is 2. The molecule has 2 aromatic carbocycles. The number of fused-ring (bicyclic) bond motifs is 1. The lowest BCUT2D eigenvalue weighted by molar-refractivity contribution is 0.104. The Morgan fingerprint density at radius 1 is 1.15 bits per heavy atom. The SMILES string of the molecule is COc1ccc(Cl)c(Cl)c1-c1ccn2cc(C3CCN(C(=O)OCc4ccccc4)C3)nc2c1. The minimum absolute atomic E-state index is 0.150. The summed E-state index contributed by atoms with van der Waals surface area (Å²) in [6.45, 7) is 1.50. The fourth-order valence-corrected chi connectivity index (χ4v) is 4.73. The third-order valence-corrected chi connectivity index (χ3v) is 6.92. The average Bonchev–Trinajstić information content (AvgIpc) is 3.52. The molecule has 1 atom stereocenters. The maximum absolute atomic E-state index is 12.5. The van der Waals surface area contributed by atoms with Crippen molar-refractivity contribution in [2.24, 2.45) is 0 Å². The molecule has 34 heavy (non-hydrogen) atoms. The van der Waals surface area contributed by atoms with E-state index in [-0.39, 0.29) is 18.6 Å². The molecule has 0 spiro atoms. The smallest absolute Gasteiger partial charge is 0.410 e. The van der Waals surface area contributed by atoms with Gasteiger partial charge in [0.1, 0.15) is 18.0 Å². The van der Waals surface area contributed by atoms with E-state index in [1.165, 1.54) is 0 Å². The van der Waals surface area contributed by atoms with E-state index in [1.807, 2.05) is 59.3 Å². The number of halogens is 2. The summed E-state index contributed by atoms with van der Waals surface area (Å²) in [5.41, 5.74) is 4.30. The lowest BCUT2D eigenvalue weighted by Gasteiger charge is -2.16. The molecule has 0 N–H and O–H groups in total. The van der Waals surface area contributed by atoms with Crippen molar-refractivity contribution < 1.29 is 14.3 Å². The second kappa shape index (κ2) is 9.57. The predicted molar refractivity (Wildman–Crippen MR) is 133 cm³/mol. The summed E-state index contributed by atoms with van der Waals surface area (Å²) in [4.78, 5) is 19.1. The monoisotopic (exact) mass is 495 g/mol. The first-order chi connectivity index (χ1) is 16.5. The van der Waals surface area contributed by atoms with Crippen LogP contribution in [0.15, 0.2) is 67.0 Å². The molecule has 1 fully saturated rings. The number of nitrogens with zero attached hydrogens (tertiary/aromatic N) is 3. The van der Waals surface area contributed by atoms with Crippen molar-refractivity contribution in [1.29, 1.82) is 0 Å². The third-order valence-electron chi connectivity index (χ3n) is 6.11. The number of hydrogen-bond acceptors (Lipinski definition) is 4. The summed E-state index contributed by atoms with van der Waals surface area (Å²) in [6.07, 6.45) is 4.50. The van der Waals surface area contributed by atoms with Crippen LogP contribution in [0.5, 0.6) is 5.75 Å². The number of carbonyl (C=O) groups excluding carboxylic acids is 1. The zero-order valence-electron chi connectivity index (χ0n) is 18.6. The molecule has 8 heteroatoms. The number of ether oxygens (including phenoxy) is 2. The number of aromatic nitrogens is 2. The van der Waals surface area contributed by atoms with E-state index in [4.69, 9.17) is 37.7 Å². The molecule has 4 aromatic rings. The maximum Gasteiger partial charge on any atom is 0.410 e. The van der Waals surface area contributed by atoms with Crippen molar-refractivity contribution in [2.45, 2.75) is 18.9 Å². The van der Waals surface area contributed by atoms with E-state index in [0.717, 1.165) is 34.5 Å². The quantitative estimate of drug-likeness (QED) is 0.319. The fourth-order valence-electron chi connectivity index (χ4n) is 4.30. The van der Waals surface area contributed by atoms with Crippen molar-refractivity contribution in [3.05, 3.63) is 88.3 Å². The van der Waals surface area contributed by atoms with E-state index in [1.54, 1.807) is 24.1 Å². The molecule has 2 aromatic heterocycles. The number of likely N-dealkylation sites (tertiary alicyclic amines) is 1. The fraction of sp³-hybridized carbons (Fsp3) is 0.231. The highest BCUT2D eigenvalue weighted by Crippen LogP contribution is 2.41. The molecule has 1 aliphatic rings. The van der Waals surface area contributed by atoms with E-state index in [9.17, 15) is 4.79 Å². The van der Waals surface area contributed by atoms with Gasteiger partial charge in [-0.05, 0) is 41.8 Å². The summed E-state index contributed by atoms with van der Waals surface area (Å²) in [6, 6.07) is 17.1. The van der Waals surface area contributed by atoms with Crippen molar-refractivity contribution in [1.82, 2.24) is 14.3 Å². The molecule has 174 valence electrons. The van der Waals surface area contributed by atoms with Crippen LogP contribution >= 0.6 is 23.2 Å². The Morgan fingerprint density at radius 2 is 1.97 bits per heavy atom. The molecule has 3 heterocycles. The maximum atomic E-state index is 12.5. The van der Waals surface area contributed by atoms with Crippen molar-refractivity contribution in [3.63, 3.8) is 0 Å². The van der Waals surface area contributed by atoms with E-state index < -0.39 is 0 Å². The number of pyridine rings is 1. The van der Waals surface area contributed by atoms with Gasteiger partial charge in [-0.25, -0.2) is 9.78 Å². The Morgan fingerprint density at radius 3 is 2.76 bits per heavy atom. The van der Waals surface area contributed by atoms with Gasteiger partial charge in [0.15, 0.2) is 0 Å². The second-order valence-electron chi connectivity index (χ2n) is 8.26. The minimum atomic E-state index is -0.292.